The monoisotopic (exact) mass is 347 g/mol. The second-order valence-corrected chi connectivity index (χ2v) is 5.71. The van der Waals surface area contributed by atoms with Gasteiger partial charge in [0.25, 0.3) is 5.91 Å². The van der Waals surface area contributed by atoms with E-state index in [1.165, 1.54) is 0 Å². The van der Waals surface area contributed by atoms with Gasteiger partial charge >= 0.3 is 0 Å². The standard InChI is InChI=1S/C17H18BrNO2/c1-4-21-16-9-11(2)5-8-15(16)19-17(20)13-6-7-14(18)12(3)10-13/h5-10H,4H2,1-3H3,(H,19,20). The van der Waals surface area contributed by atoms with Crippen molar-refractivity contribution in [2.24, 2.45) is 0 Å². The van der Waals surface area contributed by atoms with Gasteiger partial charge in [-0.05, 0) is 62.2 Å². The number of halogens is 1. The number of anilines is 1. The third kappa shape index (κ3) is 3.85. The summed E-state index contributed by atoms with van der Waals surface area (Å²) in [6, 6.07) is 11.3. The van der Waals surface area contributed by atoms with Crippen molar-refractivity contribution < 1.29 is 9.53 Å². The van der Waals surface area contributed by atoms with Crippen molar-refractivity contribution in [1.29, 1.82) is 0 Å². The molecule has 0 atom stereocenters. The van der Waals surface area contributed by atoms with Crippen LogP contribution in [0, 0.1) is 13.8 Å². The van der Waals surface area contributed by atoms with Gasteiger partial charge in [0.2, 0.25) is 0 Å². The SMILES string of the molecule is CCOc1cc(C)ccc1NC(=O)c1ccc(Br)c(C)c1. The molecule has 0 unspecified atom stereocenters. The first-order valence-corrected chi connectivity index (χ1v) is 7.61. The number of aryl methyl sites for hydroxylation is 2. The zero-order valence-electron chi connectivity index (χ0n) is 12.4. The number of ether oxygens (including phenoxy) is 1. The second-order valence-electron chi connectivity index (χ2n) is 4.85. The average Bonchev–Trinajstić information content (AvgIpc) is 2.45. The molecule has 0 aliphatic carbocycles. The first-order chi connectivity index (χ1) is 10.0. The van der Waals surface area contributed by atoms with E-state index in [1.807, 2.05) is 51.1 Å². The molecule has 1 amide bonds. The molecule has 4 heteroatoms. The van der Waals surface area contributed by atoms with Gasteiger partial charge in [0.05, 0.1) is 12.3 Å². The molecule has 0 bridgehead atoms. The van der Waals surface area contributed by atoms with Crippen LogP contribution < -0.4 is 10.1 Å². The molecule has 0 aromatic heterocycles. The van der Waals surface area contributed by atoms with Crippen LogP contribution in [-0.4, -0.2) is 12.5 Å². The van der Waals surface area contributed by atoms with E-state index in [0.717, 1.165) is 15.6 Å². The molecule has 2 aromatic rings. The minimum absolute atomic E-state index is 0.143. The highest BCUT2D eigenvalue weighted by Crippen LogP contribution is 2.26. The molecular formula is C17H18BrNO2. The van der Waals surface area contributed by atoms with Crippen LogP contribution in [0.25, 0.3) is 0 Å². The van der Waals surface area contributed by atoms with Crippen molar-refractivity contribution >= 4 is 27.5 Å². The zero-order valence-corrected chi connectivity index (χ0v) is 14.0. The fraction of sp³-hybridized carbons (Fsp3) is 0.235. The van der Waals surface area contributed by atoms with Crippen molar-refractivity contribution in [3.63, 3.8) is 0 Å². The van der Waals surface area contributed by atoms with E-state index in [1.54, 1.807) is 6.07 Å². The van der Waals surface area contributed by atoms with Crippen molar-refractivity contribution in [3.8, 4) is 5.75 Å². The molecule has 0 spiro atoms. The maximum Gasteiger partial charge on any atom is 0.255 e. The lowest BCUT2D eigenvalue weighted by Gasteiger charge is -2.12. The largest absolute Gasteiger partial charge is 0.492 e. The Morgan fingerprint density at radius 1 is 1.19 bits per heavy atom. The molecule has 21 heavy (non-hydrogen) atoms. The number of nitrogens with one attached hydrogen (secondary N) is 1. The lowest BCUT2D eigenvalue weighted by Crippen LogP contribution is -2.13. The fourth-order valence-corrected chi connectivity index (χ4v) is 2.23. The zero-order chi connectivity index (χ0) is 15.4. The Bertz CT molecular complexity index is 668. The predicted molar refractivity (Wildman–Crippen MR) is 89.2 cm³/mol. The fourth-order valence-electron chi connectivity index (χ4n) is 1.99. The number of carbonyl (C=O) groups excluding carboxylic acids is 1. The molecule has 0 saturated carbocycles. The van der Waals surface area contributed by atoms with E-state index in [4.69, 9.17) is 4.74 Å². The van der Waals surface area contributed by atoms with E-state index < -0.39 is 0 Å². The molecule has 3 nitrogen and oxygen atoms in total. The predicted octanol–water partition coefficient (Wildman–Crippen LogP) is 4.72. The second kappa shape index (κ2) is 6.76. The number of hydrogen-bond acceptors (Lipinski definition) is 2. The summed E-state index contributed by atoms with van der Waals surface area (Å²) in [7, 11) is 0. The van der Waals surface area contributed by atoms with Crippen LogP contribution in [-0.2, 0) is 0 Å². The van der Waals surface area contributed by atoms with E-state index in [2.05, 4.69) is 21.2 Å². The minimum Gasteiger partial charge on any atom is -0.492 e. The van der Waals surface area contributed by atoms with Gasteiger partial charge in [-0.3, -0.25) is 4.79 Å². The molecule has 1 N–H and O–H groups in total. The number of rotatable bonds is 4. The van der Waals surface area contributed by atoms with Crippen LogP contribution in [0.1, 0.15) is 28.4 Å². The van der Waals surface area contributed by atoms with Crippen LogP contribution in [0.4, 0.5) is 5.69 Å². The molecule has 2 aromatic carbocycles. The number of amides is 1. The Labute approximate surface area is 133 Å². The third-order valence-corrected chi connectivity index (χ3v) is 4.00. The van der Waals surface area contributed by atoms with Crippen LogP contribution in [0.15, 0.2) is 40.9 Å². The summed E-state index contributed by atoms with van der Waals surface area (Å²) < 4.78 is 6.57. The molecule has 110 valence electrons. The topological polar surface area (TPSA) is 38.3 Å². The maximum absolute atomic E-state index is 12.3. The molecule has 2 rings (SSSR count). The highest BCUT2D eigenvalue weighted by molar-refractivity contribution is 9.10. The van der Waals surface area contributed by atoms with Crippen molar-refractivity contribution in [3.05, 3.63) is 57.6 Å². The highest BCUT2D eigenvalue weighted by Gasteiger charge is 2.11. The van der Waals surface area contributed by atoms with Gasteiger partial charge < -0.3 is 10.1 Å². The quantitative estimate of drug-likeness (QED) is 0.868. The summed E-state index contributed by atoms with van der Waals surface area (Å²) in [6.07, 6.45) is 0. The van der Waals surface area contributed by atoms with Gasteiger partial charge in [-0.25, -0.2) is 0 Å². The van der Waals surface area contributed by atoms with E-state index in [0.29, 0.717) is 23.6 Å². The van der Waals surface area contributed by atoms with Crippen LogP contribution >= 0.6 is 15.9 Å². The summed E-state index contributed by atoms with van der Waals surface area (Å²) in [5, 5.41) is 2.91. The Hall–Kier alpha value is -1.81. The Morgan fingerprint density at radius 3 is 2.62 bits per heavy atom. The first kappa shape index (κ1) is 15.6. The van der Waals surface area contributed by atoms with Crippen molar-refractivity contribution in [1.82, 2.24) is 0 Å². The van der Waals surface area contributed by atoms with Crippen LogP contribution in [0.3, 0.4) is 0 Å². The highest BCUT2D eigenvalue weighted by atomic mass is 79.9. The Balaban J connectivity index is 2.24. The lowest BCUT2D eigenvalue weighted by atomic mass is 10.1. The molecule has 0 fully saturated rings. The third-order valence-electron chi connectivity index (χ3n) is 3.11. The van der Waals surface area contributed by atoms with Gasteiger partial charge in [-0.2, -0.15) is 0 Å². The lowest BCUT2D eigenvalue weighted by molar-refractivity contribution is 0.102. The van der Waals surface area contributed by atoms with Gasteiger partial charge in [0.15, 0.2) is 0 Å². The molecule has 0 aliphatic heterocycles. The Morgan fingerprint density at radius 2 is 1.95 bits per heavy atom. The average molecular weight is 348 g/mol. The molecule has 0 heterocycles. The normalized spacial score (nSPS) is 10.3. The van der Waals surface area contributed by atoms with Gasteiger partial charge in [-0.1, -0.05) is 22.0 Å². The van der Waals surface area contributed by atoms with E-state index >= 15 is 0 Å². The van der Waals surface area contributed by atoms with Gasteiger partial charge in [0.1, 0.15) is 5.75 Å². The van der Waals surface area contributed by atoms with Crippen LogP contribution in [0.5, 0.6) is 5.75 Å². The summed E-state index contributed by atoms with van der Waals surface area (Å²) >= 11 is 3.43. The van der Waals surface area contributed by atoms with E-state index in [-0.39, 0.29) is 5.91 Å². The smallest absolute Gasteiger partial charge is 0.255 e. The molecule has 0 saturated heterocycles. The molecule has 0 radical (unpaired) electrons. The number of hydrogen-bond donors (Lipinski definition) is 1. The number of carbonyl (C=O) groups is 1. The summed E-state index contributed by atoms with van der Waals surface area (Å²) in [4.78, 5) is 12.3. The maximum atomic E-state index is 12.3. The van der Waals surface area contributed by atoms with Crippen molar-refractivity contribution in [2.75, 3.05) is 11.9 Å². The summed E-state index contributed by atoms with van der Waals surface area (Å²) in [6.45, 7) is 6.43. The van der Waals surface area contributed by atoms with E-state index in [9.17, 15) is 4.79 Å². The summed E-state index contributed by atoms with van der Waals surface area (Å²) in [5.74, 6) is 0.551. The van der Waals surface area contributed by atoms with Crippen LogP contribution in [0.2, 0.25) is 0 Å². The molecular weight excluding hydrogens is 330 g/mol. The number of benzene rings is 2. The Kier molecular flexibility index (Phi) is 5.02. The summed E-state index contributed by atoms with van der Waals surface area (Å²) in [5.41, 5.74) is 3.43. The first-order valence-electron chi connectivity index (χ1n) is 6.82. The van der Waals surface area contributed by atoms with Crippen molar-refractivity contribution in [2.45, 2.75) is 20.8 Å². The van der Waals surface area contributed by atoms with Gasteiger partial charge in [-0.15, -0.1) is 0 Å². The minimum atomic E-state index is -0.143. The molecule has 0 aliphatic rings. The van der Waals surface area contributed by atoms with Gasteiger partial charge in [0, 0.05) is 10.0 Å².